The second kappa shape index (κ2) is 6.62. The molecule has 1 unspecified atom stereocenters. The third-order valence-electron chi connectivity index (χ3n) is 2.93. The van der Waals surface area contributed by atoms with Gasteiger partial charge in [0.05, 0.1) is 0 Å². The van der Waals surface area contributed by atoms with E-state index in [-0.39, 0.29) is 12.6 Å². The van der Waals surface area contributed by atoms with Gasteiger partial charge in [0.2, 0.25) is 0 Å². The lowest BCUT2D eigenvalue weighted by atomic mass is 10.1. The van der Waals surface area contributed by atoms with Gasteiger partial charge in [0.1, 0.15) is 0 Å². The van der Waals surface area contributed by atoms with E-state index in [2.05, 4.69) is 43.0 Å². The van der Waals surface area contributed by atoms with Gasteiger partial charge >= 0.3 is 0 Å². The fraction of sp³-hybridized carbons (Fsp3) is 0.571. The molecule has 0 radical (unpaired) electrons. The van der Waals surface area contributed by atoms with Gasteiger partial charge < -0.3 is 15.7 Å². The van der Waals surface area contributed by atoms with Crippen LogP contribution in [0.1, 0.15) is 38.8 Å². The number of anilines is 1. The Morgan fingerprint density at radius 3 is 2.18 bits per heavy atom. The summed E-state index contributed by atoms with van der Waals surface area (Å²) in [4.78, 5) is 2.29. The van der Waals surface area contributed by atoms with Crippen molar-refractivity contribution in [2.24, 2.45) is 5.73 Å². The summed E-state index contributed by atoms with van der Waals surface area (Å²) in [6, 6.07) is 8.88. The summed E-state index contributed by atoms with van der Waals surface area (Å²) in [6.45, 7) is 7.43. The highest BCUT2D eigenvalue weighted by Gasteiger charge is 2.10. The summed E-state index contributed by atoms with van der Waals surface area (Å²) in [7, 11) is 0. The first kappa shape index (κ1) is 14.0. The molecule has 0 aliphatic rings. The average molecular weight is 236 g/mol. The van der Waals surface area contributed by atoms with E-state index in [0.717, 1.165) is 18.5 Å². The topological polar surface area (TPSA) is 49.5 Å². The van der Waals surface area contributed by atoms with Crippen LogP contribution in [0.5, 0.6) is 0 Å². The highest BCUT2D eigenvalue weighted by Crippen LogP contribution is 2.20. The largest absolute Gasteiger partial charge is 0.396 e. The molecule has 0 heterocycles. The summed E-state index contributed by atoms with van der Waals surface area (Å²) >= 11 is 0. The number of hydrogen-bond donors (Lipinski definition) is 2. The first-order valence-electron chi connectivity index (χ1n) is 6.29. The number of rotatable bonds is 6. The zero-order chi connectivity index (χ0) is 12.8. The zero-order valence-corrected chi connectivity index (χ0v) is 11.1. The van der Waals surface area contributed by atoms with Gasteiger partial charge in [-0.3, -0.25) is 0 Å². The van der Waals surface area contributed by atoms with Gasteiger partial charge in [0, 0.05) is 30.9 Å². The van der Waals surface area contributed by atoms with Crippen LogP contribution < -0.4 is 10.6 Å². The van der Waals surface area contributed by atoms with Crippen LogP contribution in [0, 0.1) is 0 Å². The lowest BCUT2D eigenvalue weighted by molar-refractivity contribution is 0.288. The van der Waals surface area contributed by atoms with E-state index in [9.17, 15) is 0 Å². The Labute approximate surface area is 104 Å². The SMILES string of the molecule is CC(N)c1ccc(N(CCCO)C(C)C)cc1. The predicted molar refractivity (Wildman–Crippen MR) is 73.2 cm³/mol. The number of nitrogens with zero attached hydrogens (tertiary/aromatic N) is 1. The molecule has 0 aromatic heterocycles. The molecule has 0 aliphatic heterocycles. The van der Waals surface area contributed by atoms with Crippen LogP contribution in [0.25, 0.3) is 0 Å². The molecule has 0 saturated heterocycles. The van der Waals surface area contributed by atoms with Crippen molar-refractivity contribution in [2.45, 2.75) is 39.3 Å². The molecular formula is C14H24N2O. The summed E-state index contributed by atoms with van der Waals surface area (Å²) in [5, 5.41) is 8.92. The van der Waals surface area contributed by atoms with Gasteiger partial charge in [-0.1, -0.05) is 12.1 Å². The molecule has 0 spiro atoms. The van der Waals surface area contributed by atoms with Gasteiger partial charge in [-0.25, -0.2) is 0 Å². The molecule has 1 atom stereocenters. The summed E-state index contributed by atoms with van der Waals surface area (Å²) < 4.78 is 0. The summed E-state index contributed by atoms with van der Waals surface area (Å²) in [5.41, 5.74) is 8.18. The Kier molecular flexibility index (Phi) is 5.45. The molecule has 3 heteroatoms. The summed E-state index contributed by atoms with van der Waals surface area (Å²) in [6.07, 6.45) is 0.799. The second-order valence-corrected chi connectivity index (χ2v) is 4.74. The maximum absolute atomic E-state index is 8.92. The lowest BCUT2D eigenvalue weighted by Gasteiger charge is -2.29. The maximum Gasteiger partial charge on any atom is 0.0447 e. The van der Waals surface area contributed by atoms with Crippen LogP contribution in [0.15, 0.2) is 24.3 Å². The van der Waals surface area contributed by atoms with Crippen LogP contribution in [-0.2, 0) is 0 Å². The minimum Gasteiger partial charge on any atom is -0.396 e. The fourth-order valence-electron chi connectivity index (χ4n) is 1.90. The molecule has 0 saturated carbocycles. The first-order chi connectivity index (χ1) is 8.06. The third kappa shape index (κ3) is 4.02. The number of hydrogen-bond acceptors (Lipinski definition) is 3. The van der Waals surface area contributed by atoms with Gasteiger partial charge in [0.15, 0.2) is 0 Å². The second-order valence-electron chi connectivity index (χ2n) is 4.74. The first-order valence-corrected chi connectivity index (χ1v) is 6.29. The van der Waals surface area contributed by atoms with Gasteiger partial charge in [-0.15, -0.1) is 0 Å². The Morgan fingerprint density at radius 2 is 1.76 bits per heavy atom. The minimum absolute atomic E-state index is 0.0778. The normalized spacial score (nSPS) is 12.8. The highest BCUT2D eigenvalue weighted by atomic mass is 16.3. The van der Waals surface area contributed by atoms with Crippen LogP contribution >= 0.6 is 0 Å². The molecule has 96 valence electrons. The van der Waals surface area contributed by atoms with Crippen molar-refractivity contribution in [3.8, 4) is 0 Å². The molecule has 1 rings (SSSR count). The van der Waals surface area contributed by atoms with Gasteiger partial charge in [0.25, 0.3) is 0 Å². The van der Waals surface area contributed by atoms with Gasteiger partial charge in [-0.2, -0.15) is 0 Å². The standard InChI is InChI=1S/C14H24N2O/c1-11(2)16(9-4-10-17)14-7-5-13(6-8-14)12(3)15/h5-8,11-12,17H,4,9-10,15H2,1-3H3. The molecule has 0 fully saturated rings. The van der Waals surface area contributed by atoms with Crippen molar-refractivity contribution in [3.63, 3.8) is 0 Å². The Bertz CT molecular complexity index is 319. The molecule has 3 N–H and O–H groups in total. The maximum atomic E-state index is 8.92. The van der Waals surface area contributed by atoms with E-state index in [0.29, 0.717) is 6.04 Å². The number of aliphatic hydroxyl groups is 1. The van der Waals surface area contributed by atoms with E-state index < -0.39 is 0 Å². The number of aliphatic hydroxyl groups excluding tert-OH is 1. The molecule has 17 heavy (non-hydrogen) atoms. The predicted octanol–water partition coefficient (Wildman–Crippen LogP) is 2.30. The van der Waals surface area contributed by atoms with Crippen molar-refractivity contribution in [3.05, 3.63) is 29.8 Å². The molecular weight excluding hydrogens is 212 g/mol. The van der Waals surface area contributed by atoms with E-state index >= 15 is 0 Å². The van der Waals surface area contributed by atoms with Crippen molar-refractivity contribution < 1.29 is 5.11 Å². The quantitative estimate of drug-likeness (QED) is 0.797. The summed E-state index contributed by atoms with van der Waals surface area (Å²) in [5.74, 6) is 0. The zero-order valence-electron chi connectivity index (χ0n) is 11.1. The monoisotopic (exact) mass is 236 g/mol. The smallest absolute Gasteiger partial charge is 0.0447 e. The van der Waals surface area contributed by atoms with Gasteiger partial charge in [-0.05, 0) is 44.9 Å². The van der Waals surface area contributed by atoms with Crippen molar-refractivity contribution >= 4 is 5.69 Å². The van der Waals surface area contributed by atoms with Crippen LogP contribution in [-0.4, -0.2) is 24.3 Å². The van der Waals surface area contributed by atoms with Crippen LogP contribution in [0.4, 0.5) is 5.69 Å². The molecule has 1 aromatic carbocycles. The molecule has 0 aliphatic carbocycles. The molecule has 1 aromatic rings. The minimum atomic E-state index is 0.0778. The average Bonchev–Trinajstić information content (AvgIpc) is 2.29. The van der Waals surface area contributed by atoms with Crippen molar-refractivity contribution in [1.29, 1.82) is 0 Å². The molecule has 0 bridgehead atoms. The number of benzene rings is 1. The third-order valence-corrected chi connectivity index (χ3v) is 2.93. The van der Waals surface area contributed by atoms with E-state index in [1.807, 2.05) is 6.92 Å². The fourth-order valence-corrected chi connectivity index (χ4v) is 1.90. The van der Waals surface area contributed by atoms with E-state index in [4.69, 9.17) is 10.8 Å². The Morgan fingerprint density at radius 1 is 1.18 bits per heavy atom. The molecule has 0 amide bonds. The van der Waals surface area contributed by atoms with Crippen LogP contribution in [0.3, 0.4) is 0 Å². The van der Waals surface area contributed by atoms with Crippen molar-refractivity contribution in [1.82, 2.24) is 0 Å². The highest BCUT2D eigenvalue weighted by molar-refractivity contribution is 5.48. The van der Waals surface area contributed by atoms with Crippen LogP contribution in [0.2, 0.25) is 0 Å². The van der Waals surface area contributed by atoms with E-state index in [1.54, 1.807) is 0 Å². The Balaban J connectivity index is 2.80. The molecule has 3 nitrogen and oxygen atoms in total. The van der Waals surface area contributed by atoms with Crippen molar-refractivity contribution in [2.75, 3.05) is 18.1 Å². The number of nitrogens with two attached hydrogens (primary N) is 1. The lowest BCUT2D eigenvalue weighted by Crippen LogP contribution is -2.32. The van der Waals surface area contributed by atoms with E-state index in [1.165, 1.54) is 5.69 Å². The Hall–Kier alpha value is -1.06.